The van der Waals surface area contributed by atoms with Crippen molar-refractivity contribution >= 4 is 5.78 Å². The lowest BCUT2D eigenvalue weighted by molar-refractivity contribution is -0.410. The molecule has 7 saturated heterocycles. The van der Waals surface area contributed by atoms with Gasteiger partial charge in [0.05, 0.1) is 58.0 Å². The quantitative estimate of drug-likeness (QED) is 0.0475. The highest BCUT2D eigenvalue weighted by Crippen LogP contribution is 2.70. The van der Waals surface area contributed by atoms with Gasteiger partial charge in [0, 0.05) is 30.1 Å². The molecule has 11 rings (SSSR count). The first kappa shape index (κ1) is 76.5. The van der Waals surface area contributed by atoms with Crippen molar-refractivity contribution in [3.05, 3.63) is 0 Å². The SMILES string of the molecule is C[C@@H](CC[C@]1(O)O[C@H]2C[C@@H]3[C@H]4CC[C@H]5C[C@H](O[C@@H]6O[C@H](CO)[C@H](O[C@@H]7O[C@H](CO)[C@@H](O)[C@H](O[C@@H]8O[C@H](CO)[C@@H](O[C@@H]9O[C@@H](C)[C@H](O)[C@@H](O)[C@H]9O)[C@H](O)[C@H]8O)[C@H]7O[C@@H]7O[C@H](CO)[C@@H](O)[C@H](O)[C@H]7O)[C@H](O)[C@H]6O)CC[C@@]5(C)[C@@H]4CC(=O)[C@]3(C)[C@H]2[C@@H]1C)CO[C@@H]1O[C@H](CO)[C@@H](O)[C@H](O)[C@H]1O. The number of rotatable bonds is 21. The Morgan fingerprint density at radius 3 is 1.53 bits per heavy atom. The normalized spacial score (nSPS) is 55.2. The minimum absolute atomic E-state index is 0.0109. The van der Waals surface area contributed by atoms with Gasteiger partial charge >= 0.3 is 0 Å². The van der Waals surface area contributed by atoms with E-state index in [1.807, 2.05) is 20.8 Å². The summed E-state index contributed by atoms with van der Waals surface area (Å²) in [7, 11) is 0. The van der Waals surface area contributed by atoms with Gasteiger partial charge in [-0.25, -0.2) is 0 Å². The van der Waals surface area contributed by atoms with E-state index in [1.54, 1.807) is 0 Å². The van der Waals surface area contributed by atoms with E-state index in [-0.39, 0.29) is 65.8 Å². The third-order valence-electron chi connectivity index (χ3n) is 24.2. The van der Waals surface area contributed by atoms with E-state index in [9.17, 15) is 107 Å². The van der Waals surface area contributed by atoms with Gasteiger partial charge in [-0.1, -0.05) is 27.7 Å². The third kappa shape index (κ3) is 14.0. The molecule has 560 valence electrons. The van der Waals surface area contributed by atoms with E-state index in [2.05, 4.69) is 6.92 Å². The highest BCUT2D eigenvalue weighted by molar-refractivity contribution is 5.87. The van der Waals surface area contributed by atoms with Crippen LogP contribution < -0.4 is 0 Å². The molecule has 0 radical (unpaired) electrons. The highest BCUT2D eigenvalue weighted by atomic mass is 16.8. The van der Waals surface area contributed by atoms with Crippen LogP contribution in [0.15, 0.2) is 0 Å². The van der Waals surface area contributed by atoms with Gasteiger partial charge in [0.1, 0.15) is 146 Å². The van der Waals surface area contributed by atoms with Crippen LogP contribution in [0.2, 0.25) is 0 Å². The Morgan fingerprint density at radius 2 is 0.948 bits per heavy atom. The number of ether oxygens (including phenoxy) is 13. The van der Waals surface area contributed by atoms with Crippen LogP contribution in [0.25, 0.3) is 0 Å². The molecule has 20 N–H and O–H groups in total. The Bertz CT molecular complexity index is 2580. The lowest BCUT2D eigenvalue weighted by atomic mass is 9.44. The summed E-state index contributed by atoms with van der Waals surface area (Å²) in [6, 6.07) is 0. The molecule has 0 bridgehead atoms. The molecule has 34 heteroatoms. The Kier molecular flexibility index (Phi) is 24.0. The molecule has 7 heterocycles. The fourth-order valence-corrected chi connectivity index (χ4v) is 18.2. The lowest BCUT2D eigenvalue weighted by Crippen LogP contribution is -2.69. The van der Waals surface area contributed by atoms with Crippen molar-refractivity contribution in [2.24, 2.45) is 52.3 Å². The van der Waals surface area contributed by atoms with Crippen molar-refractivity contribution in [1.29, 1.82) is 0 Å². The zero-order chi connectivity index (χ0) is 70.4. The minimum Gasteiger partial charge on any atom is -0.394 e. The van der Waals surface area contributed by atoms with Crippen molar-refractivity contribution in [3.8, 4) is 0 Å². The van der Waals surface area contributed by atoms with Crippen molar-refractivity contribution in [2.45, 2.75) is 295 Å². The second kappa shape index (κ2) is 30.4. The number of hydrogen-bond donors (Lipinski definition) is 20. The van der Waals surface area contributed by atoms with Gasteiger partial charge in [-0.15, -0.1) is 0 Å². The lowest BCUT2D eigenvalue weighted by Gasteiger charge is -2.60. The summed E-state index contributed by atoms with van der Waals surface area (Å²) < 4.78 is 77.8. The van der Waals surface area contributed by atoms with Crippen LogP contribution in [-0.2, 0) is 66.4 Å². The maximum atomic E-state index is 14.9. The Labute approximate surface area is 559 Å². The van der Waals surface area contributed by atoms with E-state index in [4.69, 9.17) is 61.6 Å². The molecule has 11 aliphatic rings. The van der Waals surface area contributed by atoms with Gasteiger partial charge in [-0.05, 0) is 86.9 Å². The number of ketones is 1. The Morgan fingerprint density at radius 1 is 0.485 bits per heavy atom. The van der Waals surface area contributed by atoms with Crippen LogP contribution in [0.4, 0.5) is 0 Å². The maximum absolute atomic E-state index is 14.9. The maximum Gasteiger partial charge on any atom is 0.187 e. The summed E-state index contributed by atoms with van der Waals surface area (Å²) in [6.45, 7) is 5.08. The van der Waals surface area contributed by atoms with Gasteiger partial charge in [-0.2, -0.15) is 0 Å². The molecule has 42 atom stereocenters. The van der Waals surface area contributed by atoms with E-state index in [0.717, 1.165) is 12.8 Å². The van der Waals surface area contributed by atoms with Crippen LogP contribution in [-0.4, -0.2) is 350 Å². The molecule has 0 aromatic heterocycles. The van der Waals surface area contributed by atoms with Crippen LogP contribution in [0, 0.1) is 52.3 Å². The summed E-state index contributed by atoms with van der Waals surface area (Å²) in [5, 5.41) is 217. The first-order chi connectivity index (χ1) is 45.9. The van der Waals surface area contributed by atoms with E-state index in [0.29, 0.717) is 38.5 Å². The summed E-state index contributed by atoms with van der Waals surface area (Å²) in [4.78, 5) is 14.9. The largest absolute Gasteiger partial charge is 0.394 e. The number of carbonyl (C=O) groups is 1. The van der Waals surface area contributed by atoms with Crippen molar-refractivity contribution in [1.82, 2.24) is 0 Å². The molecule has 0 amide bonds. The topological polar surface area (TPSA) is 542 Å². The molecule has 0 spiro atoms. The average Bonchev–Trinajstić information content (AvgIpc) is 1.57. The monoisotopic (exact) mass is 1400 g/mol. The highest BCUT2D eigenvalue weighted by Gasteiger charge is 2.72. The molecule has 7 aliphatic heterocycles. The second-order valence-corrected chi connectivity index (χ2v) is 29.7. The standard InChI is InChI=1S/C63H104O34/c1-21(20-85-55-46(79)42(75)38(71)30(15-64)88-55)8-11-63(84)22(2)36-29(97-63)13-28-26-7-6-24-12-25(9-10-61(24,4)27(26)14-35(69)62(28,36)5)87-57-49(82)44(77)52(34(19-68)91-57)94-60-54(96-58-48(81)43(76)39(72)31(16-65)89-58)53(40(73)32(17-66)90-60)95-59-50(83)45(78)51(33(18-67)92-59)93-56-47(80)41(74)37(70)23(3)86-56/h21-34,36-60,64-68,70-84H,6-20H2,1-5H3/t21-,22-,23-,24-,25+,26-,27+,28+,29-,30+,31+,32+,33+,34+,36-,37-,38+,39+,40+,41+,42-,43-,44+,45+,46+,47+,48+,49+,50+,51+,52-,53-,54+,55+,56-,57+,58-,59-,60-,61+,62+,63-/m0/s1. The van der Waals surface area contributed by atoms with Crippen LogP contribution in [0.1, 0.15) is 92.4 Å². The molecule has 0 aromatic rings. The predicted octanol–water partition coefficient (Wildman–Crippen LogP) is -8.10. The van der Waals surface area contributed by atoms with Gasteiger partial charge < -0.3 is 164 Å². The summed E-state index contributed by atoms with van der Waals surface area (Å²) in [5.41, 5.74) is -1.08. The van der Waals surface area contributed by atoms with Gasteiger partial charge in [-0.3, -0.25) is 4.79 Å². The van der Waals surface area contributed by atoms with Gasteiger partial charge in [0.15, 0.2) is 43.5 Å². The molecule has 4 saturated carbocycles. The zero-order valence-electron chi connectivity index (χ0n) is 54.8. The number of hydrogen-bond acceptors (Lipinski definition) is 34. The fourth-order valence-electron chi connectivity index (χ4n) is 18.2. The van der Waals surface area contributed by atoms with Crippen LogP contribution >= 0.6 is 0 Å². The smallest absolute Gasteiger partial charge is 0.187 e. The van der Waals surface area contributed by atoms with E-state index in [1.165, 1.54) is 6.92 Å². The predicted molar refractivity (Wildman–Crippen MR) is 316 cm³/mol. The average molecular weight is 1410 g/mol. The number of aliphatic hydroxyl groups excluding tert-OH is 19. The van der Waals surface area contributed by atoms with Crippen LogP contribution in [0.5, 0.6) is 0 Å². The Balaban J connectivity index is 0.735. The van der Waals surface area contributed by atoms with Crippen LogP contribution in [0.3, 0.4) is 0 Å². The first-order valence-corrected chi connectivity index (χ1v) is 34.2. The second-order valence-electron chi connectivity index (χ2n) is 29.7. The van der Waals surface area contributed by atoms with E-state index >= 15 is 0 Å². The van der Waals surface area contributed by atoms with Crippen molar-refractivity contribution in [2.75, 3.05) is 39.6 Å². The Hall–Kier alpha value is -1.65. The molecule has 0 aromatic carbocycles. The number of aliphatic hydroxyl groups is 20. The zero-order valence-corrected chi connectivity index (χ0v) is 54.8. The summed E-state index contributed by atoms with van der Waals surface area (Å²) in [6.07, 6.45) is -49.7. The van der Waals surface area contributed by atoms with Crippen molar-refractivity contribution < 1.29 is 169 Å². The van der Waals surface area contributed by atoms with Gasteiger partial charge in [0.25, 0.3) is 0 Å². The number of Topliss-reactive ketones (excluding diaryl/α,β-unsaturated/α-hetero) is 1. The summed E-state index contributed by atoms with van der Waals surface area (Å²) in [5.74, 6) is -2.01. The molecule has 4 aliphatic carbocycles. The summed E-state index contributed by atoms with van der Waals surface area (Å²) >= 11 is 0. The molecule has 11 fully saturated rings. The number of carbonyl (C=O) groups excluding carboxylic acids is 1. The van der Waals surface area contributed by atoms with Gasteiger partial charge in [0.2, 0.25) is 0 Å². The molecule has 34 nitrogen and oxygen atoms in total. The minimum atomic E-state index is -2.20. The molecule has 97 heavy (non-hydrogen) atoms. The van der Waals surface area contributed by atoms with Crippen molar-refractivity contribution in [3.63, 3.8) is 0 Å². The van der Waals surface area contributed by atoms with E-state index < -0.39 is 240 Å². The molecular formula is C63H104O34. The fraction of sp³-hybridized carbons (Fsp3) is 0.984. The first-order valence-electron chi connectivity index (χ1n) is 34.2. The molecular weight excluding hydrogens is 1300 g/mol. The number of fused-ring (bicyclic) bond motifs is 7. The third-order valence-corrected chi connectivity index (χ3v) is 24.2. The molecule has 0 unspecified atom stereocenters.